The van der Waals surface area contributed by atoms with E-state index in [0.717, 1.165) is 6.54 Å². The topological polar surface area (TPSA) is 58.6 Å². The van der Waals surface area contributed by atoms with E-state index >= 15 is 0 Å². The molecular formula is C8H15NO3. The van der Waals surface area contributed by atoms with E-state index in [2.05, 4.69) is 5.32 Å². The van der Waals surface area contributed by atoms with Crippen LogP contribution in [-0.2, 0) is 9.53 Å². The van der Waals surface area contributed by atoms with Gasteiger partial charge in [0.15, 0.2) is 0 Å². The first-order valence-corrected chi connectivity index (χ1v) is 4.11. The van der Waals surface area contributed by atoms with Crippen LogP contribution in [0.4, 0.5) is 0 Å². The van der Waals surface area contributed by atoms with Gasteiger partial charge in [-0.3, -0.25) is 4.79 Å². The van der Waals surface area contributed by atoms with Gasteiger partial charge in [-0.15, -0.1) is 0 Å². The number of aliphatic carboxylic acids is 1. The standard InChI is InChI=1S/C8H15NO3/c1-8(2,7(10)11)6-5-9-3-4-12-6/h6,9H,3-5H2,1-2H3,(H,10,11). The highest BCUT2D eigenvalue weighted by Crippen LogP contribution is 2.24. The summed E-state index contributed by atoms with van der Waals surface area (Å²) in [5.74, 6) is -0.809. The molecule has 4 nitrogen and oxygen atoms in total. The van der Waals surface area contributed by atoms with Crippen molar-refractivity contribution in [3.05, 3.63) is 0 Å². The molecule has 1 fully saturated rings. The van der Waals surface area contributed by atoms with Crippen LogP contribution in [0.3, 0.4) is 0 Å². The van der Waals surface area contributed by atoms with Gasteiger partial charge in [-0.05, 0) is 13.8 Å². The molecule has 0 spiro atoms. The number of hydrogen-bond acceptors (Lipinski definition) is 3. The third kappa shape index (κ3) is 1.76. The third-order valence-electron chi connectivity index (χ3n) is 2.28. The average Bonchev–Trinajstić information content (AvgIpc) is 2.06. The van der Waals surface area contributed by atoms with Gasteiger partial charge in [-0.1, -0.05) is 0 Å². The van der Waals surface area contributed by atoms with E-state index < -0.39 is 11.4 Å². The molecule has 1 aliphatic rings. The Bertz CT molecular complexity index is 173. The van der Waals surface area contributed by atoms with Crippen molar-refractivity contribution in [1.29, 1.82) is 0 Å². The summed E-state index contributed by atoms with van der Waals surface area (Å²) in [5.41, 5.74) is -0.798. The Kier molecular flexibility index (Phi) is 2.69. The van der Waals surface area contributed by atoms with Crippen molar-refractivity contribution in [2.45, 2.75) is 20.0 Å². The fourth-order valence-electron chi connectivity index (χ4n) is 1.17. The third-order valence-corrected chi connectivity index (χ3v) is 2.28. The Hall–Kier alpha value is -0.610. The Morgan fingerprint density at radius 3 is 2.75 bits per heavy atom. The smallest absolute Gasteiger partial charge is 0.311 e. The van der Waals surface area contributed by atoms with Gasteiger partial charge in [0.25, 0.3) is 0 Å². The predicted molar refractivity (Wildman–Crippen MR) is 44.0 cm³/mol. The highest BCUT2D eigenvalue weighted by atomic mass is 16.5. The number of rotatable bonds is 2. The number of ether oxygens (including phenoxy) is 1. The molecule has 0 aliphatic carbocycles. The molecule has 0 aromatic rings. The summed E-state index contributed by atoms with van der Waals surface area (Å²) in [5, 5.41) is 12.0. The number of morpholine rings is 1. The molecule has 0 aromatic carbocycles. The van der Waals surface area contributed by atoms with Gasteiger partial charge >= 0.3 is 5.97 Å². The van der Waals surface area contributed by atoms with Gasteiger partial charge in [0.1, 0.15) is 0 Å². The Morgan fingerprint density at radius 1 is 1.67 bits per heavy atom. The molecule has 0 saturated carbocycles. The predicted octanol–water partition coefficient (Wildman–Crippen LogP) is 0.0856. The molecule has 12 heavy (non-hydrogen) atoms. The van der Waals surface area contributed by atoms with Crippen LogP contribution in [0.15, 0.2) is 0 Å². The number of carboxylic acids is 1. The van der Waals surface area contributed by atoms with Gasteiger partial charge in [-0.25, -0.2) is 0 Å². The SMILES string of the molecule is CC(C)(C(=O)O)C1CNCCO1. The van der Waals surface area contributed by atoms with Crippen LogP contribution in [0, 0.1) is 5.41 Å². The minimum atomic E-state index is -0.809. The summed E-state index contributed by atoms with van der Waals surface area (Å²) in [7, 11) is 0. The van der Waals surface area contributed by atoms with E-state index in [0.29, 0.717) is 13.2 Å². The molecule has 1 atom stereocenters. The molecule has 2 N–H and O–H groups in total. The fourth-order valence-corrected chi connectivity index (χ4v) is 1.17. The fraction of sp³-hybridized carbons (Fsp3) is 0.875. The van der Waals surface area contributed by atoms with Crippen molar-refractivity contribution >= 4 is 5.97 Å². The number of hydrogen-bond donors (Lipinski definition) is 2. The molecule has 0 aromatic heterocycles. The molecule has 70 valence electrons. The molecule has 0 amide bonds. The summed E-state index contributed by atoms with van der Waals surface area (Å²) in [6.07, 6.45) is -0.219. The largest absolute Gasteiger partial charge is 0.481 e. The molecule has 4 heteroatoms. The Balaban J connectivity index is 2.59. The van der Waals surface area contributed by atoms with Crippen LogP contribution in [0.2, 0.25) is 0 Å². The lowest BCUT2D eigenvalue weighted by molar-refractivity contribution is -0.157. The number of carbonyl (C=O) groups is 1. The lowest BCUT2D eigenvalue weighted by atomic mass is 9.86. The maximum Gasteiger partial charge on any atom is 0.311 e. The Labute approximate surface area is 71.9 Å². The van der Waals surface area contributed by atoms with Crippen molar-refractivity contribution in [1.82, 2.24) is 5.32 Å². The average molecular weight is 173 g/mol. The van der Waals surface area contributed by atoms with Gasteiger partial charge < -0.3 is 15.2 Å². The van der Waals surface area contributed by atoms with Gasteiger partial charge in [0.2, 0.25) is 0 Å². The van der Waals surface area contributed by atoms with Crippen LogP contribution >= 0.6 is 0 Å². The van der Waals surface area contributed by atoms with E-state index in [1.807, 2.05) is 0 Å². The molecule has 0 radical (unpaired) electrons. The Morgan fingerprint density at radius 2 is 2.33 bits per heavy atom. The summed E-state index contributed by atoms with van der Waals surface area (Å²) in [6, 6.07) is 0. The normalized spacial score (nSPS) is 25.3. The van der Waals surface area contributed by atoms with Crippen molar-refractivity contribution in [2.24, 2.45) is 5.41 Å². The summed E-state index contributed by atoms with van der Waals surface area (Å²) >= 11 is 0. The van der Waals surface area contributed by atoms with Crippen molar-refractivity contribution in [3.8, 4) is 0 Å². The number of nitrogens with one attached hydrogen (secondary N) is 1. The van der Waals surface area contributed by atoms with Crippen LogP contribution in [0.5, 0.6) is 0 Å². The minimum absolute atomic E-state index is 0.219. The molecule has 1 heterocycles. The maximum atomic E-state index is 10.8. The molecule has 1 saturated heterocycles. The van der Waals surface area contributed by atoms with E-state index in [-0.39, 0.29) is 6.10 Å². The van der Waals surface area contributed by atoms with E-state index in [1.54, 1.807) is 13.8 Å². The van der Waals surface area contributed by atoms with Crippen molar-refractivity contribution < 1.29 is 14.6 Å². The zero-order valence-corrected chi connectivity index (χ0v) is 7.46. The first-order valence-electron chi connectivity index (χ1n) is 4.11. The van der Waals surface area contributed by atoms with Crippen molar-refractivity contribution in [3.63, 3.8) is 0 Å². The monoisotopic (exact) mass is 173 g/mol. The van der Waals surface area contributed by atoms with E-state index in [9.17, 15) is 4.79 Å². The molecule has 1 aliphatic heterocycles. The highest BCUT2D eigenvalue weighted by Gasteiger charge is 2.38. The van der Waals surface area contributed by atoms with Crippen LogP contribution in [0.25, 0.3) is 0 Å². The second-order valence-corrected chi connectivity index (χ2v) is 3.59. The van der Waals surface area contributed by atoms with Crippen molar-refractivity contribution in [2.75, 3.05) is 19.7 Å². The highest BCUT2D eigenvalue weighted by molar-refractivity contribution is 5.74. The van der Waals surface area contributed by atoms with Crippen LogP contribution in [0.1, 0.15) is 13.8 Å². The quantitative estimate of drug-likeness (QED) is 0.621. The second kappa shape index (κ2) is 3.41. The first kappa shape index (κ1) is 9.48. The van der Waals surface area contributed by atoms with Crippen LogP contribution < -0.4 is 5.32 Å². The van der Waals surface area contributed by atoms with Gasteiger partial charge in [0.05, 0.1) is 18.1 Å². The molecule has 1 rings (SSSR count). The maximum absolute atomic E-state index is 10.8. The van der Waals surface area contributed by atoms with Crippen LogP contribution in [-0.4, -0.2) is 36.9 Å². The lowest BCUT2D eigenvalue weighted by Gasteiger charge is -2.33. The van der Waals surface area contributed by atoms with E-state index in [1.165, 1.54) is 0 Å². The minimum Gasteiger partial charge on any atom is -0.481 e. The summed E-state index contributed by atoms with van der Waals surface area (Å²) in [6.45, 7) is 5.41. The second-order valence-electron chi connectivity index (χ2n) is 3.59. The zero-order valence-electron chi connectivity index (χ0n) is 7.46. The molecule has 1 unspecified atom stereocenters. The zero-order chi connectivity index (χ0) is 9.19. The lowest BCUT2D eigenvalue weighted by Crippen LogP contribution is -2.49. The van der Waals surface area contributed by atoms with E-state index in [4.69, 9.17) is 9.84 Å². The number of carboxylic acid groups (broad SMARTS) is 1. The summed E-state index contributed by atoms with van der Waals surface area (Å²) in [4.78, 5) is 10.8. The first-order chi connectivity index (χ1) is 5.55. The molecule has 0 bridgehead atoms. The molecular weight excluding hydrogens is 158 g/mol. The summed E-state index contributed by atoms with van der Waals surface area (Å²) < 4.78 is 5.36. The van der Waals surface area contributed by atoms with Gasteiger partial charge in [0, 0.05) is 13.1 Å². The van der Waals surface area contributed by atoms with Gasteiger partial charge in [-0.2, -0.15) is 0 Å².